The Morgan fingerprint density at radius 3 is 2.38 bits per heavy atom. The summed E-state index contributed by atoms with van der Waals surface area (Å²) < 4.78 is 10.9. The summed E-state index contributed by atoms with van der Waals surface area (Å²) in [5.74, 6) is -0.224. The Morgan fingerprint density at radius 1 is 1.38 bits per heavy atom. The van der Waals surface area contributed by atoms with Crippen LogP contribution < -0.4 is 9.47 Å². The lowest BCUT2D eigenvalue weighted by atomic mass is 10.0. The van der Waals surface area contributed by atoms with Gasteiger partial charge in [-0.2, -0.15) is 0 Å². The third-order valence-electron chi connectivity index (χ3n) is 2.98. The summed E-state index contributed by atoms with van der Waals surface area (Å²) in [6, 6.07) is 2.10. The molecule has 1 aromatic rings. The highest BCUT2D eigenvalue weighted by molar-refractivity contribution is 9.10. The molecule has 0 aliphatic rings. The molecule has 1 atom stereocenters. The van der Waals surface area contributed by atoms with Gasteiger partial charge in [0.25, 0.3) is 0 Å². The molecule has 21 heavy (non-hydrogen) atoms. The number of amides is 1. The zero-order valence-corrected chi connectivity index (χ0v) is 13.7. The molecule has 0 bridgehead atoms. The van der Waals surface area contributed by atoms with Crippen molar-refractivity contribution in [2.45, 2.75) is 19.4 Å². The highest BCUT2D eigenvalue weighted by atomic mass is 79.9. The average molecular weight is 360 g/mol. The van der Waals surface area contributed by atoms with Gasteiger partial charge in [0.2, 0.25) is 6.41 Å². The lowest BCUT2D eigenvalue weighted by Crippen LogP contribution is -2.34. The molecule has 0 aromatic heterocycles. The first-order chi connectivity index (χ1) is 9.99. The van der Waals surface area contributed by atoms with Gasteiger partial charge < -0.3 is 19.5 Å². The Balaban J connectivity index is 3.37. The molecular formula is C14H18BrNO5. The predicted octanol–water partition coefficient (Wildman–Crippen LogP) is 2.46. The molecule has 6 nitrogen and oxygen atoms in total. The predicted molar refractivity (Wildman–Crippen MR) is 80.7 cm³/mol. The lowest BCUT2D eigenvalue weighted by molar-refractivity contribution is -0.146. The number of carboxylic acids is 1. The van der Waals surface area contributed by atoms with Crippen LogP contribution in [0.1, 0.15) is 24.9 Å². The van der Waals surface area contributed by atoms with E-state index in [4.69, 9.17) is 9.47 Å². The Hall–Kier alpha value is -1.76. The van der Waals surface area contributed by atoms with Crippen LogP contribution >= 0.6 is 15.9 Å². The molecule has 0 saturated carbocycles. The molecular weight excluding hydrogens is 342 g/mol. The minimum Gasteiger partial charge on any atom is -0.493 e. The van der Waals surface area contributed by atoms with Crippen molar-refractivity contribution in [1.82, 2.24) is 4.90 Å². The van der Waals surface area contributed by atoms with Gasteiger partial charge in [0.15, 0.2) is 17.5 Å². The van der Waals surface area contributed by atoms with Gasteiger partial charge in [-0.25, -0.2) is 4.79 Å². The van der Waals surface area contributed by atoms with Crippen molar-refractivity contribution in [3.05, 3.63) is 22.2 Å². The molecule has 1 aromatic carbocycles. The van der Waals surface area contributed by atoms with Crippen LogP contribution in [0.5, 0.6) is 11.5 Å². The summed E-state index contributed by atoms with van der Waals surface area (Å²) in [6.07, 6.45) is 1.21. The van der Waals surface area contributed by atoms with Crippen molar-refractivity contribution in [2.75, 3.05) is 20.8 Å². The summed E-state index contributed by atoms with van der Waals surface area (Å²) in [7, 11) is 2.96. The van der Waals surface area contributed by atoms with Gasteiger partial charge in [-0.1, -0.05) is 22.9 Å². The average Bonchev–Trinajstić information content (AvgIpc) is 2.47. The van der Waals surface area contributed by atoms with Crippen LogP contribution in [0.2, 0.25) is 0 Å². The standard InChI is InChI=1S/C14H18BrNO5/c1-4-5-16(8-17)13(14(18)19)9-6-11(20-2)12(21-3)7-10(9)15/h6-8,13H,4-5H2,1-3H3,(H,18,19). The van der Waals surface area contributed by atoms with E-state index < -0.39 is 12.0 Å². The van der Waals surface area contributed by atoms with Crippen LogP contribution in [0.4, 0.5) is 0 Å². The molecule has 0 aliphatic carbocycles. The summed E-state index contributed by atoms with van der Waals surface area (Å²) in [5.41, 5.74) is 0.431. The normalized spacial score (nSPS) is 11.6. The minimum absolute atomic E-state index is 0.348. The van der Waals surface area contributed by atoms with E-state index in [1.807, 2.05) is 6.92 Å². The van der Waals surface area contributed by atoms with Gasteiger partial charge >= 0.3 is 5.97 Å². The second kappa shape index (κ2) is 7.87. The third kappa shape index (κ3) is 3.87. The first-order valence-electron chi connectivity index (χ1n) is 6.35. The van der Waals surface area contributed by atoms with Gasteiger partial charge in [0.05, 0.1) is 14.2 Å². The number of carbonyl (C=O) groups excluding carboxylic acids is 1. The monoisotopic (exact) mass is 359 g/mol. The maximum Gasteiger partial charge on any atom is 0.331 e. The van der Waals surface area contributed by atoms with Gasteiger partial charge in [-0.15, -0.1) is 0 Å². The van der Waals surface area contributed by atoms with E-state index in [0.29, 0.717) is 40.9 Å². The number of halogens is 1. The fourth-order valence-corrected chi connectivity index (χ4v) is 2.57. The minimum atomic E-state index is -1.11. The summed E-state index contributed by atoms with van der Waals surface area (Å²) in [6.45, 7) is 2.22. The molecule has 1 rings (SSSR count). The zero-order chi connectivity index (χ0) is 16.0. The van der Waals surface area contributed by atoms with Crippen molar-refractivity contribution in [3.63, 3.8) is 0 Å². The number of ether oxygens (including phenoxy) is 2. The van der Waals surface area contributed by atoms with Crippen LogP contribution in [0.15, 0.2) is 16.6 Å². The van der Waals surface area contributed by atoms with E-state index in [9.17, 15) is 14.7 Å². The number of nitrogens with zero attached hydrogens (tertiary/aromatic N) is 1. The molecule has 116 valence electrons. The number of hydrogen-bond acceptors (Lipinski definition) is 4. The lowest BCUT2D eigenvalue weighted by Gasteiger charge is -2.26. The number of carbonyl (C=O) groups is 2. The molecule has 7 heteroatoms. The smallest absolute Gasteiger partial charge is 0.331 e. The van der Waals surface area contributed by atoms with Crippen LogP contribution in [0.25, 0.3) is 0 Å². The number of methoxy groups -OCH3 is 2. The van der Waals surface area contributed by atoms with Crippen molar-refractivity contribution >= 4 is 28.3 Å². The van der Waals surface area contributed by atoms with Crippen LogP contribution in [0, 0.1) is 0 Å². The first-order valence-corrected chi connectivity index (χ1v) is 7.14. The Morgan fingerprint density at radius 2 is 1.95 bits per heavy atom. The van der Waals surface area contributed by atoms with E-state index in [1.54, 1.807) is 12.1 Å². The van der Waals surface area contributed by atoms with Gasteiger partial charge in [0.1, 0.15) is 0 Å². The molecule has 1 unspecified atom stereocenters. The Bertz CT molecular complexity index is 520. The first kappa shape index (κ1) is 17.3. The van der Waals surface area contributed by atoms with Gasteiger partial charge in [-0.05, 0) is 18.6 Å². The third-order valence-corrected chi connectivity index (χ3v) is 3.67. The number of rotatable bonds is 8. The fourth-order valence-electron chi connectivity index (χ4n) is 2.03. The van der Waals surface area contributed by atoms with Crippen molar-refractivity contribution < 1.29 is 24.2 Å². The van der Waals surface area contributed by atoms with Crippen LogP contribution in [0.3, 0.4) is 0 Å². The maximum absolute atomic E-state index is 11.6. The number of hydrogen-bond donors (Lipinski definition) is 1. The highest BCUT2D eigenvalue weighted by Gasteiger charge is 2.29. The van der Waals surface area contributed by atoms with Gasteiger partial charge in [-0.3, -0.25) is 4.79 Å². The summed E-state index contributed by atoms with van der Waals surface area (Å²) in [5, 5.41) is 9.48. The van der Waals surface area contributed by atoms with E-state index >= 15 is 0 Å². The van der Waals surface area contributed by atoms with Gasteiger partial charge in [0, 0.05) is 16.6 Å². The Kier molecular flexibility index (Phi) is 6.48. The second-order valence-corrected chi connectivity index (χ2v) is 5.17. The molecule has 1 N–H and O–H groups in total. The van der Waals surface area contributed by atoms with Crippen LogP contribution in [-0.4, -0.2) is 43.2 Å². The van der Waals surface area contributed by atoms with E-state index in [2.05, 4.69) is 15.9 Å². The van der Waals surface area contributed by atoms with E-state index in [0.717, 1.165) is 0 Å². The SMILES string of the molecule is CCCN(C=O)C(C(=O)O)c1cc(OC)c(OC)cc1Br. The van der Waals surface area contributed by atoms with Crippen molar-refractivity contribution in [1.29, 1.82) is 0 Å². The molecule has 0 radical (unpaired) electrons. The number of carboxylic acid groups (broad SMARTS) is 1. The highest BCUT2D eigenvalue weighted by Crippen LogP contribution is 2.37. The number of aliphatic carboxylic acids is 1. The quantitative estimate of drug-likeness (QED) is 0.721. The largest absolute Gasteiger partial charge is 0.493 e. The second-order valence-electron chi connectivity index (χ2n) is 4.31. The summed E-state index contributed by atoms with van der Waals surface area (Å²) >= 11 is 3.33. The Labute approximate surface area is 131 Å². The van der Waals surface area contributed by atoms with Crippen LogP contribution in [-0.2, 0) is 9.59 Å². The zero-order valence-electron chi connectivity index (χ0n) is 12.1. The molecule has 0 fully saturated rings. The molecule has 1 amide bonds. The molecule has 0 aliphatic heterocycles. The summed E-state index contributed by atoms with van der Waals surface area (Å²) in [4.78, 5) is 24.0. The molecule has 0 saturated heterocycles. The van der Waals surface area contributed by atoms with E-state index in [1.165, 1.54) is 19.1 Å². The molecule has 0 spiro atoms. The van der Waals surface area contributed by atoms with E-state index in [-0.39, 0.29) is 0 Å². The molecule has 0 heterocycles. The fraction of sp³-hybridized carbons (Fsp3) is 0.429. The van der Waals surface area contributed by atoms with Crippen molar-refractivity contribution in [3.8, 4) is 11.5 Å². The topological polar surface area (TPSA) is 76.1 Å². The maximum atomic E-state index is 11.6. The number of benzene rings is 1. The van der Waals surface area contributed by atoms with Crippen molar-refractivity contribution in [2.24, 2.45) is 0 Å².